The van der Waals surface area contributed by atoms with Gasteiger partial charge in [-0.2, -0.15) is 0 Å². The lowest BCUT2D eigenvalue weighted by Gasteiger charge is -2.22. The second-order valence-corrected chi connectivity index (χ2v) is 7.51. The summed E-state index contributed by atoms with van der Waals surface area (Å²) in [4.78, 5) is 6.98. The van der Waals surface area contributed by atoms with Gasteiger partial charge in [0, 0.05) is 45.1 Å². The van der Waals surface area contributed by atoms with E-state index < -0.39 is 0 Å². The fraction of sp³-hybridized carbons (Fsp3) is 0.682. The number of rotatable bonds is 14. The van der Waals surface area contributed by atoms with Gasteiger partial charge in [0.05, 0.1) is 19.3 Å². The molecule has 0 spiro atoms. The second-order valence-electron chi connectivity index (χ2n) is 7.51. The van der Waals surface area contributed by atoms with Gasteiger partial charge in [-0.05, 0) is 65.4 Å². The summed E-state index contributed by atoms with van der Waals surface area (Å²) in [5.41, 5.74) is 0.973. The molecule has 1 aromatic carbocycles. The number of methoxy groups -OCH3 is 1. The lowest BCUT2D eigenvalue weighted by Crippen LogP contribution is -2.39. The molecule has 30 heavy (non-hydrogen) atoms. The van der Waals surface area contributed by atoms with E-state index >= 15 is 0 Å². The number of nitrogens with one attached hydrogen (secondary N) is 2. The maximum Gasteiger partial charge on any atom is 0.195 e. The van der Waals surface area contributed by atoms with Crippen LogP contribution in [0.25, 0.3) is 0 Å². The summed E-state index contributed by atoms with van der Waals surface area (Å²) in [6.45, 7) is 12.8. The summed E-state index contributed by atoms with van der Waals surface area (Å²) >= 11 is 0. The van der Waals surface area contributed by atoms with Crippen LogP contribution in [-0.4, -0.2) is 76.6 Å². The number of halogens is 1. The molecule has 1 aromatic rings. The number of benzene rings is 1. The zero-order chi connectivity index (χ0) is 21.5. The maximum absolute atomic E-state index is 5.71. The van der Waals surface area contributed by atoms with E-state index in [1.807, 2.05) is 38.1 Å². The molecule has 174 valence electrons. The van der Waals surface area contributed by atoms with Gasteiger partial charge in [-0.25, -0.2) is 0 Å². The van der Waals surface area contributed by atoms with E-state index in [1.165, 1.54) is 0 Å². The lowest BCUT2D eigenvalue weighted by molar-refractivity contribution is 0.0702. The highest BCUT2D eigenvalue weighted by Gasteiger charge is 2.05. The van der Waals surface area contributed by atoms with E-state index in [9.17, 15) is 0 Å². The van der Waals surface area contributed by atoms with Crippen molar-refractivity contribution in [3.8, 4) is 5.75 Å². The normalized spacial score (nSPS) is 11.7. The fourth-order valence-electron chi connectivity index (χ4n) is 2.38. The molecule has 0 heterocycles. The first-order valence-electron chi connectivity index (χ1n) is 10.5. The predicted molar refractivity (Wildman–Crippen MR) is 137 cm³/mol. The van der Waals surface area contributed by atoms with Crippen LogP contribution in [0.3, 0.4) is 0 Å². The first-order valence-corrected chi connectivity index (χ1v) is 10.5. The molecule has 0 fully saturated rings. The van der Waals surface area contributed by atoms with Crippen LogP contribution in [0, 0.1) is 0 Å². The van der Waals surface area contributed by atoms with Crippen molar-refractivity contribution >= 4 is 35.6 Å². The van der Waals surface area contributed by atoms with Gasteiger partial charge < -0.3 is 29.7 Å². The van der Waals surface area contributed by atoms with E-state index in [0.29, 0.717) is 32.4 Å². The minimum atomic E-state index is 0. The summed E-state index contributed by atoms with van der Waals surface area (Å²) in [5.74, 6) is 1.64. The molecule has 0 aliphatic heterocycles. The molecule has 0 aliphatic carbocycles. The van der Waals surface area contributed by atoms with Crippen LogP contribution in [0.2, 0.25) is 0 Å². The molecular formula is C22H41IN4O3. The van der Waals surface area contributed by atoms with Crippen LogP contribution in [-0.2, 0) is 9.47 Å². The number of guanidine groups is 1. The Hall–Kier alpha value is -1.10. The third kappa shape index (κ3) is 14.0. The zero-order valence-electron chi connectivity index (χ0n) is 19.4. The Balaban J connectivity index is 0.00000841. The molecule has 0 saturated heterocycles. The summed E-state index contributed by atoms with van der Waals surface area (Å²) < 4.78 is 16.2. The number of hydrogen-bond acceptors (Lipinski definition) is 5. The Morgan fingerprint density at radius 2 is 1.77 bits per heavy atom. The molecule has 0 saturated carbocycles. The molecule has 0 aliphatic rings. The van der Waals surface area contributed by atoms with Gasteiger partial charge in [0.15, 0.2) is 5.96 Å². The Morgan fingerprint density at radius 1 is 1.07 bits per heavy atom. The molecule has 1 rings (SSSR count). The van der Waals surface area contributed by atoms with Gasteiger partial charge in [0.2, 0.25) is 0 Å². The van der Waals surface area contributed by atoms with Crippen molar-refractivity contribution in [3.63, 3.8) is 0 Å². The van der Waals surface area contributed by atoms with Gasteiger partial charge in [-0.1, -0.05) is 0 Å². The van der Waals surface area contributed by atoms with Crippen molar-refractivity contribution in [3.05, 3.63) is 24.3 Å². The first-order chi connectivity index (χ1) is 13.9. The van der Waals surface area contributed by atoms with Crippen LogP contribution in [0.5, 0.6) is 5.75 Å². The SMILES string of the molecule is COCCOCCCN=C(NCCN(C)C(C)C)Nc1ccc(OC(C)C)cc1.I. The third-order valence-electron chi connectivity index (χ3n) is 4.28. The Kier molecular flexibility index (Phi) is 16.9. The quantitative estimate of drug-likeness (QED) is 0.163. The van der Waals surface area contributed by atoms with E-state index in [1.54, 1.807) is 7.11 Å². The average molecular weight is 536 g/mol. The monoisotopic (exact) mass is 536 g/mol. The van der Waals surface area contributed by atoms with E-state index in [0.717, 1.165) is 36.9 Å². The van der Waals surface area contributed by atoms with E-state index in [-0.39, 0.29) is 30.1 Å². The Bertz CT molecular complexity index is 568. The summed E-state index contributed by atoms with van der Waals surface area (Å²) in [7, 11) is 3.80. The van der Waals surface area contributed by atoms with Crippen LogP contribution in [0.4, 0.5) is 5.69 Å². The van der Waals surface area contributed by atoms with E-state index in [2.05, 4.69) is 41.4 Å². The third-order valence-corrected chi connectivity index (χ3v) is 4.28. The number of hydrogen-bond donors (Lipinski definition) is 2. The van der Waals surface area contributed by atoms with Crippen molar-refractivity contribution < 1.29 is 14.2 Å². The zero-order valence-corrected chi connectivity index (χ0v) is 21.8. The van der Waals surface area contributed by atoms with Crippen LogP contribution >= 0.6 is 24.0 Å². The number of anilines is 1. The Labute approximate surface area is 200 Å². The van der Waals surface area contributed by atoms with E-state index in [4.69, 9.17) is 14.2 Å². The minimum absolute atomic E-state index is 0. The lowest BCUT2D eigenvalue weighted by atomic mass is 10.3. The molecule has 0 radical (unpaired) electrons. The molecule has 0 bridgehead atoms. The van der Waals surface area contributed by atoms with Gasteiger partial charge >= 0.3 is 0 Å². The van der Waals surface area contributed by atoms with Crippen molar-refractivity contribution in [2.24, 2.45) is 4.99 Å². The van der Waals surface area contributed by atoms with Gasteiger partial charge in [0.25, 0.3) is 0 Å². The average Bonchev–Trinajstić information content (AvgIpc) is 2.67. The number of ether oxygens (including phenoxy) is 3. The molecule has 2 N–H and O–H groups in total. The van der Waals surface area contributed by atoms with Gasteiger partial charge in [0.1, 0.15) is 5.75 Å². The number of likely N-dealkylation sites (N-methyl/N-ethyl adjacent to an activating group) is 1. The molecule has 0 atom stereocenters. The molecule has 0 unspecified atom stereocenters. The summed E-state index contributed by atoms with van der Waals surface area (Å²) in [6.07, 6.45) is 1.03. The maximum atomic E-state index is 5.71. The molecular weight excluding hydrogens is 495 g/mol. The highest BCUT2D eigenvalue weighted by molar-refractivity contribution is 14.0. The van der Waals surface area contributed by atoms with Crippen LogP contribution in [0.15, 0.2) is 29.3 Å². The van der Waals surface area contributed by atoms with Crippen molar-refractivity contribution in [2.75, 3.05) is 58.9 Å². The number of aliphatic imine (C=N–C) groups is 1. The van der Waals surface area contributed by atoms with Crippen molar-refractivity contribution in [2.45, 2.75) is 46.3 Å². The minimum Gasteiger partial charge on any atom is -0.491 e. The topological polar surface area (TPSA) is 67.4 Å². The largest absolute Gasteiger partial charge is 0.491 e. The highest BCUT2D eigenvalue weighted by atomic mass is 127. The van der Waals surface area contributed by atoms with Gasteiger partial charge in [-0.3, -0.25) is 4.99 Å². The smallest absolute Gasteiger partial charge is 0.195 e. The summed E-state index contributed by atoms with van der Waals surface area (Å²) in [6, 6.07) is 8.46. The Morgan fingerprint density at radius 3 is 2.37 bits per heavy atom. The molecule has 7 nitrogen and oxygen atoms in total. The van der Waals surface area contributed by atoms with Crippen LogP contribution < -0.4 is 15.4 Å². The molecule has 8 heteroatoms. The molecule has 0 amide bonds. The second kappa shape index (κ2) is 17.6. The first kappa shape index (κ1) is 28.9. The number of nitrogens with zero attached hydrogens (tertiary/aromatic N) is 2. The predicted octanol–water partition coefficient (Wildman–Crippen LogP) is 3.84. The fourth-order valence-corrected chi connectivity index (χ4v) is 2.38. The standard InChI is InChI=1S/C22H40N4O3.HI/c1-18(2)26(5)14-13-24-22(23-12-7-15-28-17-16-27-6)25-20-8-10-21(11-9-20)29-19(3)4;/h8-11,18-19H,7,12-17H2,1-6H3,(H2,23,24,25);1H. The summed E-state index contributed by atoms with van der Waals surface area (Å²) in [5, 5.41) is 6.79. The van der Waals surface area contributed by atoms with Crippen molar-refractivity contribution in [1.29, 1.82) is 0 Å². The van der Waals surface area contributed by atoms with Crippen LogP contribution in [0.1, 0.15) is 34.1 Å². The highest BCUT2D eigenvalue weighted by Crippen LogP contribution is 2.16. The van der Waals surface area contributed by atoms with Gasteiger partial charge in [-0.15, -0.1) is 24.0 Å². The molecule has 0 aromatic heterocycles. The van der Waals surface area contributed by atoms with Crippen molar-refractivity contribution in [1.82, 2.24) is 10.2 Å².